The van der Waals surface area contributed by atoms with Gasteiger partial charge in [0.25, 0.3) is 0 Å². The van der Waals surface area contributed by atoms with Crippen LogP contribution in [0.5, 0.6) is 0 Å². The Morgan fingerprint density at radius 3 is 2.37 bits per heavy atom. The Labute approximate surface area is 151 Å². The van der Waals surface area contributed by atoms with Crippen LogP contribution in [-0.2, 0) is 16.2 Å². The largest absolute Gasteiger partial charge is 0.452 e. The Hall–Kier alpha value is -2.85. The first kappa shape index (κ1) is 17.6. The van der Waals surface area contributed by atoms with Crippen LogP contribution >= 0.6 is 0 Å². The van der Waals surface area contributed by atoms with Crippen LogP contribution in [0.1, 0.15) is 11.3 Å². The fourth-order valence-corrected chi connectivity index (χ4v) is 3.43. The molecule has 0 fully saturated rings. The van der Waals surface area contributed by atoms with Gasteiger partial charge in [0.15, 0.2) is 5.58 Å². The van der Waals surface area contributed by atoms with Crippen LogP contribution in [0.2, 0.25) is 0 Å². The Morgan fingerprint density at radius 2 is 1.78 bits per heavy atom. The maximum absolute atomic E-state index is 13.4. The fourth-order valence-electron chi connectivity index (χ4n) is 2.91. The summed E-state index contributed by atoms with van der Waals surface area (Å²) in [5, 5.41) is 9.21. The van der Waals surface area contributed by atoms with Crippen LogP contribution in [0, 0.1) is 6.92 Å². The molecule has 0 aliphatic carbocycles. The first-order chi connectivity index (χ1) is 12.6. The van der Waals surface area contributed by atoms with Crippen molar-refractivity contribution < 1.29 is 26.0 Å². The van der Waals surface area contributed by atoms with E-state index < -0.39 is 21.9 Å². The van der Waals surface area contributed by atoms with Crippen LogP contribution in [0.15, 0.2) is 51.8 Å². The van der Waals surface area contributed by atoms with E-state index in [0.717, 1.165) is 10.2 Å². The third kappa shape index (κ3) is 2.86. The number of benzene rings is 2. The molecule has 2 heterocycles. The van der Waals surface area contributed by atoms with Gasteiger partial charge >= 0.3 is 6.18 Å². The van der Waals surface area contributed by atoms with Gasteiger partial charge in [-0.05, 0) is 43.3 Å². The molecule has 0 atom stereocenters. The topological polar surface area (TPSA) is 91.1 Å². The lowest BCUT2D eigenvalue weighted by Crippen LogP contribution is -2.12. The molecule has 0 amide bonds. The third-order valence-electron chi connectivity index (χ3n) is 4.12. The average Bonchev–Trinajstić information content (AvgIpc) is 3.11. The number of nitrogens with zero attached hydrogens (tertiary/aromatic N) is 2. The van der Waals surface area contributed by atoms with E-state index in [4.69, 9.17) is 9.56 Å². The van der Waals surface area contributed by atoms with E-state index in [-0.39, 0.29) is 21.7 Å². The highest BCUT2D eigenvalue weighted by Gasteiger charge is 2.39. The number of fused-ring (bicyclic) bond motifs is 3. The number of rotatable bonds is 2. The van der Waals surface area contributed by atoms with Crippen molar-refractivity contribution in [1.82, 2.24) is 9.78 Å². The standard InChI is InChI=1S/C17H12F3N3O3S/c1-9-2-7-13-12(8-9)14-15(26-13)16(17(18,19)20)22-23(14)10-3-5-11(6-4-10)27(21,24)25/h2-8H,1H3,(H2,21,24,25). The molecular formula is C17H12F3N3O3S. The van der Waals surface area contributed by atoms with Gasteiger partial charge in [-0.1, -0.05) is 11.6 Å². The smallest absolute Gasteiger partial charge is 0.438 e. The highest BCUT2D eigenvalue weighted by Crippen LogP contribution is 2.40. The van der Waals surface area contributed by atoms with Crippen LogP contribution in [0.25, 0.3) is 27.8 Å². The van der Waals surface area contributed by atoms with Gasteiger partial charge in [-0.2, -0.15) is 18.3 Å². The second-order valence-corrected chi connectivity index (χ2v) is 7.64. The number of nitrogens with two attached hydrogens (primary N) is 1. The Bertz CT molecular complexity index is 1290. The van der Waals surface area contributed by atoms with E-state index in [2.05, 4.69) is 5.10 Å². The van der Waals surface area contributed by atoms with Gasteiger partial charge in [0.1, 0.15) is 11.1 Å². The van der Waals surface area contributed by atoms with Gasteiger partial charge < -0.3 is 4.42 Å². The summed E-state index contributed by atoms with van der Waals surface area (Å²) >= 11 is 0. The summed E-state index contributed by atoms with van der Waals surface area (Å²) in [6, 6.07) is 10.1. The van der Waals surface area contributed by atoms with Crippen LogP contribution in [0.3, 0.4) is 0 Å². The summed E-state index contributed by atoms with van der Waals surface area (Å²) < 4.78 is 69.6. The molecule has 2 N–H and O–H groups in total. The van der Waals surface area contributed by atoms with Crippen LogP contribution in [0.4, 0.5) is 13.2 Å². The highest BCUT2D eigenvalue weighted by molar-refractivity contribution is 7.89. The van der Waals surface area contributed by atoms with Crippen molar-refractivity contribution in [2.45, 2.75) is 18.0 Å². The zero-order valence-corrected chi connectivity index (χ0v) is 14.6. The van der Waals surface area contributed by atoms with E-state index in [0.29, 0.717) is 11.0 Å². The normalized spacial score (nSPS) is 12.9. The van der Waals surface area contributed by atoms with Gasteiger partial charge in [0.2, 0.25) is 15.7 Å². The molecule has 0 saturated carbocycles. The fraction of sp³-hybridized carbons (Fsp3) is 0.118. The zero-order chi connectivity index (χ0) is 19.6. The minimum atomic E-state index is -4.72. The zero-order valence-electron chi connectivity index (χ0n) is 13.8. The quantitative estimate of drug-likeness (QED) is 0.560. The van der Waals surface area contributed by atoms with Crippen molar-refractivity contribution in [3.63, 3.8) is 0 Å². The first-order valence-electron chi connectivity index (χ1n) is 7.68. The monoisotopic (exact) mass is 395 g/mol. The lowest BCUT2D eigenvalue weighted by Gasteiger charge is -2.05. The Kier molecular flexibility index (Phi) is 3.62. The van der Waals surface area contributed by atoms with Gasteiger partial charge in [0, 0.05) is 5.39 Å². The Balaban J connectivity index is 2.05. The summed E-state index contributed by atoms with van der Waals surface area (Å²) in [5.74, 6) is 0. The van der Waals surface area contributed by atoms with Crippen LogP contribution in [-0.4, -0.2) is 18.2 Å². The number of aryl methyl sites for hydroxylation is 1. The van der Waals surface area contributed by atoms with Crippen molar-refractivity contribution >= 4 is 32.1 Å². The van der Waals surface area contributed by atoms with Gasteiger partial charge in [-0.25, -0.2) is 18.2 Å². The maximum Gasteiger partial charge on any atom is 0.438 e. The van der Waals surface area contributed by atoms with E-state index in [9.17, 15) is 21.6 Å². The van der Waals surface area contributed by atoms with Gasteiger partial charge in [-0.15, -0.1) is 0 Å². The van der Waals surface area contributed by atoms with E-state index in [1.54, 1.807) is 18.2 Å². The third-order valence-corrected chi connectivity index (χ3v) is 5.05. The second kappa shape index (κ2) is 5.57. The molecule has 4 aromatic rings. The molecular weight excluding hydrogens is 383 g/mol. The number of hydrogen-bond acceptors (Lipinski definition) is 4. The first-order valence-corrected chi connectivity index (χ1v) is 9.22. The van der Waals surface area contributed by atoms with Crippen molar-refractivity contribution in [3.8, 4) is 5.69 Å². The molecule has 0 bridgehead atoms. The molecule has 140 valence electrons. The molecule has 0 aliphatic rings. The Morgan fingerprint density at radius 1 is 1.11 bits per heavy atom. The molecule has 0 radical (unpaired) electrons. The van der Waals surface area contributed by atoms with Crippen LogP contribution < -0.4 is 5.14 Å². The number of aromatic nitrogens is 2. The summed E-state index contributed by atoms with van der Waals surface area (Å²) in [4.78, 5) is -0.154. The number of primary sulfonamides is 1. The molecule has 2 aromatic heterocycles. The van der Waals surface area contributed by atoms with Crippen molar-refractivity contribution in [1.29, 1.82) is 0 Å². The predicted molar refractivity (Wildman–Crippen MR) is 92.0 cm³/mol. The van der Waals surface area contributed by atoms with Gasteiger partial charge in [0.05, 0.1) is 10.6 Å². The number of sulfonamides is 1. The lowest BCUT2D eigenvalue weighted by atomic mass is 10.1. The molecule has 27 heavy (non-hydrogen) atoms. The molecule has 0 unspecified atom stereocenters. The lowest BCUT2D eigenvalue weighted by molar-refractivity contribution is -0.140. The number of alkyl halides is 3. The molecule has 0 saturated heterocycles. The number of furan rings is 1. The van der Waals surface area contributed by atoms with Crippen molar-refractivity contribution in [2.75, 3.05) is 0 Å². The van der Waals surface area contributed by atoms with E-state index >= 15 is 0 Å². The van der Waals surface area contributed by atoms with Gasteiger partial charge in [-0.3, -0.25) is 0 Å². The molecule has 2 aromatic carbocycles. The molecule has 0 aliphatic heterocycles. The number of hydrogen-bond donors (Lipinski definition) is 1. The molecule has 0 spiro atoms. The molecule has 10 heteroatoms. The highest BCUT2D eigenvalue weighted by atomic mass is 32.2. The summed E-state index contributed by atoms with van der Waals surface area (Å²) in [6.45, 7) is 1.81. The summed E-state index contributed by atoms with van der Waals surface area (Å²) in [5.41, 5.74) is 0.0153. The SMILES string of the molecule is Cc1ccc2oc3c(C(F)(F)F)nn(-c4ccc(S(N)(=O)=O)cc4)c3c2c1. The predicted octanol–water partition coefficient (Wildman–Crippen LogP) is 3.75. The molecule has 6 nitrogen and oxygen atoms in total. The second-order valence-electron chi connectivity index (χ2n) is 6.08. The summed E-state index contributed by atoms with van der Waals surface area (Å²) in [6.07, 6.45) is -4.72. The van der Waals surface area contributed by atoms with E-state index in [1.165, 1.54) is 24.3 Å². The minimum Gasteiger partial charge on any atom is -0.452 e. The molecule has 4 rings (SSSR count). The van der Waals surface area contributed by atoms with E-state index in [1.807, 2.05) is 6.92 Å². The average molecular weight is 395 g/mol. The minimum absolute atomic E-state index is 0.154. The maximum atomic E-state index is 13.4. The number of halogens is 3. The van der Waals surface area contributed by atoms with Crippen molar-refractivity contribution in [2.24, 2.45) is 5.14 Å². The van der Waals surface area contributed by atoms with Crippen molar-refractivity contribution in [3.05, 3.63) is 53.7 Å². The summed E-state index contributed by atoms with van der Waals surface area (Å²) in [7, 11) is -3.92.